The highest BCUT2D eigenvalue weighted by atomic mass is 32.2. The number of halogens is 1. The molecule has 0 bridgehead atoms. The highest BCUT2D eigenvalue weighted by Gasteiger charge is 2.24. The van der Waals surface area contributed by atoms with Gasteiger partial charge in [-0.15, -0.1) is 0 Å². The molecule has 13 nitrogen and oxygen atoms in total. The van der Waals surface area contributed by atoms with Crippen LogP contribution in [0.5, 0.6) is 0 Å². The summed E-state index contributed by atoms with van der Waals surface area (Å²) in [6, 6.07) is 0.881. The van der Waals surface area contributed by atoms with Gasteiger partial charge in [0.05, 0.1) is 11.4 Å². The van der Waals surface area contributed by atoms with Crippen molar-refractivity contribution in [2.75, 3.05) is 22.9 Å². The molecule has 0 saturated carbocycles. The van der Waals surface area contributed by atoms with Crippen molar-refractivity contribution in [1.82, 2.24) is 15.0 Å². The highest BCUT2D eigenvalue weighted by Crippen LogP contribution is 2.31. The van der Waals surface area contributed by atoms with E-state index in [1.807, 2.05) is 0 Å². The van der Waals surface area contributed by atoms with Gasteiger partial charge in [0.2, 0.25) is 11.9 Å². The van der Waals surface area contributed by atoms with Crippen molar-refractivity contribution in [2.24, 2.45) is 5.73 Å². The quantitative estimate of drug-likeness (QED) is 0.239. The molecule has 0 aliphatic carbocycles. The zero-order valence-electron chi connectivity index (χ0n) is 14.2. The lowest BCUT2D eigenvalue weighted by Crippen LogP contribution is -2.26. The van der Waals surface area contributed by atoms with E-state index >= 15 is 0 Å². The first-order chi connectivity index (χ1) is 12.8. The van der Waals surface area contributed by atoms with Crippen LogP contribution in [0.3, 0.4) is 0 Å². The molecule has 16 heteroatoms. The molecule has 2 rings (SSSR count). The lowest BCUT2D eigenvalue weighted by molar-refractivity contribution is 0.482. The van der Waals surface area contributed by atoms with Crippen LogP contribution in [0.15, 0.2) is 21.9 Å². The molecule has 0 aliphatic heterocycles. The first-order valence-electron chi connectivity index (χ1n) is 7.35. The number of nitrogens with zero attached hydrogens (tertiary/aromatic N) is 3. The molecule has 1 aromatic heterocycles. The van der Waals surface area contributed by atoms with Gasteiger partial charge in [-0.05, 0) is 19.1 Å². The monoisotopic (exact) mass is 437 g/mol. The summed E-state index contributed by atoms with van der Waals surface area (Å²) in [4.78, 5) is 8.62. The molecular weight excluding hydrogens is 421 g/mol. The number of hydrogen-bond acceptors (Lipinski definition) is 11. The van der Waals surface area contributed by atoms with Crippen LogP contribution >= 0.6 is 0 Å². The van der Waals surface area contributed by atoms with Crippen molar-refractivity contribution < 1.29 is 30.3 Å². The van der Waals surface area contributed by atoms with E-state index in [9.17, 15) is 25.8 Å². The van der Waals surface area contributed by atoms with Crippen LogP contribution in [0.4, 0.5) is 27.7 Å². The maximum absolute atomic E-state index is 13.6. The van der Waals surface area contributed by atoms with Gasteiger partial charge in [-0.25, -0.2) is 0 Å². The minimum Gasteiger partial charge on any atom is -0.398 e. The molecule has 0 fully saturated rings. The molecule has 8 N–H and O–H groups in total. The normalized spacial score (nSPS) is 13.2. The summed E-state index contributed by atoms with van der Waals surface area (Å²) < 4.78 is 77.9. The third-order valence-electron chi connectivity index (χ3n) is 3.25. The van der Waals surface area contributed by atoms with Crippen molar-refractivity contribution in [3.05, 3.63) is 18.2 Å². The van der Waals surface area contributed by atoms with Crippen LogP contribution in [0.2, 0.25) is 0 Å². The van der Waals surface area contributed by atoms with E-state index in [2.05, 4.69) is 25.6 Å². The molecule has 154 valence electrons. The maximum Gasteiger partial charge on any atom is 0.315 e. The van der Waals surface area contributed by atoms with Gasteiger partial charge < -0.3 is 22.1 Å². The fraction of sp³-hybridized carbons (Fsp3) is 0.250. The number of benzene rings is 1. The van der Waals surface area contributed by atoms with Crippen LogP contribution in [-0.4, -0.2) is 53.5 Å². The number of anilines is 4. The zero-order valence-corrected chi connectivity index (χ0v) is 15.8. The predicted octanol–water partition coefficient (Wildman–Crippen LogP) is -0.411. The highest BCUT2D eigenvalue weighted by molar-refractivity contribution is 7.86. The average Bonchev–Trinajstić information content (AvgIpc) is 2.51. The molecule has 2 aromatic rings. The lowest BCUT2D eigenvalue weighted by atomic mass is 10.3. The second kappa shape index (κ2) is 7.76. The van der Waals surface area contributed by atoms with Gasteiger partial charge in [-0.1, -0.05) is 0 Å². The molecule has 28 heavy (non-hydrogen) atoms. The summed E-state index contributed by atoms with van der Waals surface area (Å²) in [6.45, 7) is 1.84. The largest absolute Gasteiger partial charge is 0.398 e. The molecule has 0 spiro atoms. The fourth-order valence-electron chi connectivity index (χ4n) is 1.98. The standard InChI is InChI=1S/C12H16FN7O6S2/c1-5(4-14)16-11-18-10(13)19-12(20-11)17-7-2-6(15)8(27(21,22)23)3-9(7)28(24,25)26/h2-3,5H,4,14-15H2,1H3,(H,21,22,23)(H,24,25,26)(H2,16,17,18,19,20). The summed E-state index contributed by atoms with van der Waals surface area (Å²) in [5.41, 5.74) is 9.91. The molecular formula is C12H16FN7O6S2. The Kier molecular flexibility index (Phi) is 6.00. The zero-order chi connectivity index (χ0) is 21.3. The van der Waals surface area contributed by atoms with Crippen LogP contribution in [0.25, 0.3) is 0 Å². The van der Waals surface area contributed by atoms with Gasteiger partial charge in [0, 0.05) is 12.6 Å². The van der Waals surface area contributed by atoms with Gasteiger partial charge in [0.15, 0.2) is 0 Å². The summed E-state index contributed by atoms with van der Waals surface area (Å²) in [5.74, 6) is -0.702. The van der Waals surface area contributed by atoms with E-state index in [0.29, 0.717) is 6.07 Å². The fourth-order valence-corrected chi connectivity index (χ4v) is 3.34. The molecule has 0 radical (unpaired) electrons. The number of nitrogen functional groups attached to an aromatic ring is 1. The van der Waals surface area contributed by atoms with E-state index < -0.39 is 53.4 Å². The first-order valence-corrected chi connectivity index (χ1v) is 10.2. The van der Waals surface area contributed by atoms with E-state index in [1.165, 1.54) is 0 Å². The van der Waals surface area contributed by atoms with Crippen LogP contribution in [0.1, 0.15) is 6.92 Å². The topological polar surface area (TPSA) is 224 Å². The summed E-state index contributed by atoms with van der Waals surface area (Å²) in [6.07, 6.45) is -1.22. The van der Waals surface area contributed by atoms with Crippen molar-refractivity contribution in [3.8, 4) is 0 Å². The van der Waals surface area contributed by atoms with Crippen molar-refractivity contribution in [2.45, 2.75) is 22.8 Å². The Hall–Kier alpha value is -2.66. The molecule has 1 heterocycles. The van der Waals surface area contributed by atoms with Gasteiger partial charge in [0.1, 0.15) is 9.79 Å². The molecule has 0 amide bonds. The third-order valence-corrected chi connectivity index (χ3v) is 5.05. The predicted molar refractivity (Wildman–Crippen MR) is 95.7 cm³/mol. The van der Waals surface area contributed by atoms with Gasteiger partial charge in [0.25, 0.3) is 20.2 Å². The summed E-state index contributed by atoms with van der Waals surface area (Å²) in [7, 11) is -9.87. The SMILES string of the molecule is CC(CN)Nc1nc(F)nc(Nc2cc(N)c(S(=O)(=O)O)cc2S(=O)(=O)O)n1. The Bertz CT molecular complexity index is 1110. The Morgan fingerprint density at radius 2 is 1.64 bits per heavy atom. The number of nitrogens with one attached hydrogen (secondary N) is 2. The number of aromatic nitrogens is 3. The minimum absolute atomic E-state index is 0.177. The van der Waals surface area contributed by atoms with Crippen LogP contribution in [-0.2, 0) is 20.2 Å². The molecule has 1 aromatic carbocycles. The van der Waals surface area contributed by atoms with E-state index in [0.717, 1.165) is 6.07 Å². The molecule has 1 atom stereocenters. The van der Waals surface area contributed by atoms with Crippen LogP contribution in [0, 0.1) is 6.08 Å². The third kappa shape index (κ3) is 5.20. The number of rotatable bonds is 7. The Morgan fingerprint density at radius 3 is 2.18 bits per heavy atom. The van der Waals surface area contributed by atoms with Gasteiger partial charge in [-0.3, -0.25) is 9.11 Å². The maximum atomic E-state index is 13.6. The molecule has 0 saturated heterocycles. The van der Waals surface area contributed by atoms with Crippen molar-refractivity contribution in [1.29, 1.82) is 0 Å². The van der Waals surface area contributed by atoms with Gasteiger partial charge >= 0.3 is 6.08 Å². The lowest BCUT2D eigenvalue weighted by Gasteiger charge is -2.14. The minimum atomic E-state index is -4.99. The summed E-state index contributed by atoms with van der Waals surface area (Å²) >= 11 is 0. The van der Waals surface area contributed by atoms with Crippen molar-refractivity contribution >= 4 is 43.5 Å². The van der Waals surface area contributed by atoms with E-state index in [-0.39, 0.29) is 18.5 Å². The number of hydrogen-bond donors (Lipinski definition) is 6. The Labute approximate surface area is 158 Å². The summed E-state index contributed by atoms with van der Waals surface area (Å²) in [5, 5.41) is 4.97. The molecule has 1 unspecified atom stereocenters. The first kappa shape index (κ1) is 21.6. The van der Waals surface area contributed by atoms with E-state index in [4.69, 9.17) is 16.0 Å². The average molecular weight is 437 g/mol. The Morgan fingerprint density at radius 1 is 1.07 bits per heavy atom. The van der Waals surface area contributed by atoms with E-state index in [1.54, 1.807) is 6.92 Å². The second-order valence-corrected chi connectivity index (χ2v) is 8.27. The number of nitrogens with two attached hydrogens (primary N) is 2. The smallest absolute Gasteiger partial charge is 0.315 e. The second-order valence-electron chi connectivity index (χ2n) is 5.49. The Balaban J connectivity index is 2.56. The van der Waals surface area contributed by atoms with Crippen LogP contribution < -0.4 is 22.1 Å². The van der Waals surface area contributed by atoms with Crippen molar-refractivity contribution in [3.63, 3.8) is 0 Å². The molecule has 0 aliphatic rings. The van der Waals surface area contributed by atoms with Gasteiger partial charge in [-0.2, -0.15) is 36.2 Å².